The van der Waals surface area contributed by atoms with Gasteiger partial charge in [0.1, 0.15) is 5.82 Å². The van der Waals surface area contributed by atoms with Crippen LogP contribution in [0.5, 0.6) is 0 Å². The number of nitrogens with zero attached hydrogens (tertiary/aromatic N) is 2. The maximum absolute atomic E-state index is 4.36. The molecular weight excluding hydrogens is 234 g/mol. The Morgan fingerprint density at radius 3 is 2.47 bits per heavy atom. The fraction of sp³-hybridized carbons (Fsp3) is 0.438. The van der Waals surface area contributed by atoms with Crippen molar-refractivity contribution in [3.63, 3.8) is 0 Å². The van der Waals surface area contributed by atoms with Crippen LogP contribution in [0.25, 0.3) is 0 Å². The van der Waals surface area contributed by atoms with E-state index in [9.17, 15) is 0 Å². The van der Waals surface area contributed by atoms with Gasteiger partial charge in [0.25, 0.3) is 0 Å². The molecule has 2 rings (SSSR count). The molecule has 1 N–H and O–H groups in total. The summed E-state index contributed by atoms with van der Waals surface area (Å²) in [6.07, 6.45) is 3.02. The molecule has 2 aromatic rings. The van der Waals surface area contributed by atoms with Crippen molar-refractivity contribution in [3.8, 4) is 0 Å². The van der Waals surface area contributed by atoms with Gasteiger partial charge < -0.3 is 5.32 Å². The molecule has 3 heteroatoms. The van der Waals surface area contributed by atoms with Crippen LogP contribution >= 0.6 is 0 Å². The van der Waals surface area contributed by atoms with E-state index in [-0.39, 0.29) is 5.41 Å². The second-order valence-corrected chi connectivity index (χ2v) is 5.87. The second-order valence-electron chi connectivity index (χ2n) is 5.87. The van der Waals surface area contributed by atoms with E-state index < -0.39 is 0 Å². The lowest BCUT2D eigenvalue weighted by molar-refractivity contribution is 0.449. The molecule has 1 unspecified atom stereocenters. The van der Waals surface area contributed by atoms with Gasteiger partial charge >= 0.3 is 0 Å². The summed E-state index contributed by atoms with van der Waals surface area (Å²) in [5, 5.41) is 7.82. The SMILES string of the molecule is CC(CC(C)(C)c1ccccc1)Nc1ccn(C)n1. The average molecular weight is 257 g/mol. The molecule has 1 aromatic heterocycles. The maximum atomic E-state index is 4.36. The van der Waals surface area contributed by atoms with E-state index in [1.54, 1.807) is 0 Å². The van der Waals surface area contributed by atoms with E-state index in [4.69, 9.17) is 0 Å². The standard InChI is InChI=1S/C16H23N3/c1-13(17-15-10-11-19(4)18-15)12-16(2,3)14-8-6-5-7-9-14/h5-11,13H,12H2,1-4H3,(H,17,18). The van der Waals surface area contributed by atoms with Gasteiger partial charge in [0.15, 0.2) is 0 Å². The number of hydrogen-bond acceptors (Lipinski definition) is 2. The van der Waals surface area contributed by atoms with Gasteiger partial charge in [-0.25, -0.2) is 0 Å². The molecular formula is C16H23N3. The molecule has 0 radical (unpaired) electrons. The largest absolute Gasteiger partial charge is 0.366 e. The third-order valence-electron chi connectivity index (χ3n) is 3.48. The molecule has 3 nitrogen and oxygen atoms in total. The summed E-state index contributed by atoms with van der Waals surface area (Å²) in [4.78, 5) is 0. The van der Waals surface area contributed by atoms with E-state index in [1.165, 1.54) is 5.56 Å². The summed E-state index contributed by atoms with van der Waals surface area (Å²) >= 11 is 0. The summed E-state index contributed by atoms with van der Waals surface area (Å²) < 4.78 is 1.82. The van der Waals surface area contributed by atoms with Gasteiger partial charge in [0.05, 0.1) is 0 Å². The summed E-state index contributed by atoms with van der Waals surface area (Å²) in [5.41, 5.74) is 1.53. The average Bonchev–Trinajstić information content (AvgIpc) is 2.75. The first-order valence-electron chi connectivity index (χ1n) is 6.79. The normalized spacial score (nSPS) is 13.3. The predicted molar refractivity (Wildman–Crippen MR) is 80.4 cm³/mol. The van der Waals surface area contributed by atoms with Crippen molar-refractivity contribution in [2.24, 2.45) is 7.05 Å². The molecule has 19 heavy (non-hydrogen) atoms. The van der Waals surface area contributed by atoms with Crippen LogP contribution in [0, 0.1) is 0 Å². The minimum atomic E-state index is 0.155. The van der Waals surface area contributed by atoms with Crippen molar-refractivity contribution < 1.29 is 0 Å². The molecule has 0 spiro atoms. The Balaban J connectivity index is 2.00. The predicted octanol–water partition coefficient (Wildman–Crippen LogP) is 3.59. The van der Waals surface area contributed by atoms with Crippen molar-refractivity contribution in [2.45, 2.75) is 38.6 Å². The molecule has 1 atom stereocenters. The molecule has 0 amide bonds. The van der Waals surface area contributed by atoms with Crippen LogP contribution < -0.4 is 5.32 Å². The zero-order valence-corrected chi connectivity index (χ0v) is 12.2. The Hall–Kier alpha value is -1.77. The van der Waals surface area contributed by atoms with E-state index in [0.717, 1.165) is 12.2 Å². The first-order valence-corrected chi connectivity index (χ1v) is 6.79. The zero-order valence-electron chi connectivity index (χ0n) is 12.2. The Labute approximate surface area is 115 Å². The van der Waals surface area contributed by atoms with E-state index in [1.807, 2.05) is 24.0 Å². The molecule has 0 aliphatic carbocycles. The van der Waals surface area contributed by atoms with Crippen molar-refractivity contribution in [2.75, 3.05) is 5.32 Å². The Kier molecular flexibility index (Phi) is 3.93. The van der Waals surface area contributed by atoms with Gasteiger partial charge in [-0.1, -0.05) is 44.2 Å². The number of aromatic nitrogens is 2. The van der Waals surface area contributed by atoms with Crippen LogP contribution in [0.15, 0.2) is 42.6 Å². The fourth-order valence-corrected chi connectivity index (χ4v) is 2.57. The van der Waals surface area contributed by atoms with Crippen molar-refractivity contribution >= 4 is 5.82 Å². The van der Waals surface area contributed by atoms with Gasteiger partial charge in [-0.2, -0.15) is 5.10 Å². The molecule has 0 aliphatic rings. The molecule has 0 fully saturated rings. The first-order chi connectivity index (χ1) is 8.97. The second kappa shape index (κ2) is 5.47. The van der Waals surface area contributed by atoms with Crippen molar-refractivity contribution in [1.82, 2.24) is 9.78 Å². The lowest BCUT2D eigenvalue weighted by atomic mass is 9.79. The highest BCUT2D eigenvalue weighted by Crippen LogP contribution is 2.28. The number of aryl methyl sites for hydroxylation is 1. The molecule has 0 saturated heterocycles. The molecule has 1 aromatic carbocycles. The molecule has 102 valence electrons. The number of nitrogens with one attached hydrogen (secondary N) is 1. The topological polar surface area (TPSA) is 29.9 Å². The molecule has 0 saturated carbocycles. The quantitative estimate of drug-likeness (QED) is 0.887. The Morgan fingerprint density at radius 2 is 1.89 bits per heavy atom. The lowest BCUT2D eigenvalue weighted by Gasteiger charge is -2.29. The fourth-order valence-electron chi connectivity index (χ4n) is 2.57. The first kappa shape index (κ1) is 13.7. The van der Waals surface area contributed by atoms with Gasteiger partial charge in [-0.15, -0.1) is 0 Å². The smallest absolute Gasteiger partial charge is 0.148 e. The van der Waals surface area contributed by atoms with Crippen LogP contribution in [0.4, 0.5) is 5.82 Å². The van der Waals surface area contributed by atoms with Crippen LogP contribution in [-0.2, 0) is 12.5 Å². The van der Waals surface area contributed by atoms with Crippen LogP contribution in [0.2, 0.25) is 0 Å². The molecule has 0 bridgehead atoms. The van der Waals surface area contributed by atoms with Crippen LogP contribution in [0.3, 0.4) is 0 Å². The third kappa shape index (κ3) is 3.60. The number of benzene rings is 1. The third-order valence-corrected chi connectivity index (χ3v) is 3.48. The highest BCUT2D eigenvalue weighted by Gasteiger charge is 2.23. The number of anilines is 1. The number of rotatable bonds is 5. The highest BCUT2D eigenvalue weighted by atomic mass is 15.3. The Bertz CT molecular complexity index is 514. The molecule has 1 heterocycles. The lowest BCUT2D eigenvalue weighted by Crippen LogP contribution is -2.28. The Morgan fingerprint density at radius 1 is 1.21 bits per heavy atom. The van der Waals surface area contributed by atoms with Gasteiger partial charge in [0, 0.05) is 25.4 Å². The summed E-state index contributed by atoms with van der Waals surface area (Å²) in [6, 6.07) is 13.1. The zero-order chi connectivity index (χ0) is 13.9. The summed E-state index contributed by atoms with van der Waals surface area (Å²) in [6.45, 7) is 6.79. The van der Waals surface area contributed by atoms with E-state index in [2.05, 4.69) is 61.5 Å². The van der Waals surface area contributed by atoms with Gasteiger partial charge in [-0.3, -0.25) is 4.68 Å². The van der Waals surface area contributed by atoms with Crippen LogP contribution in [0.1, 0.15) is 32.8 Å². The van der Waals surface area contributed by atoms with Gasteiger partial charge in [-0.05, 0) is 24.3 Å². The number of hydrogen-bond donors (Lipinski definition) is 1. The monoisotopic (exact) mass is 257 g/mol. The maximum Gasteiger partial charge on any atom is 0.148 e. The van der Waals surface area contributed by atoms with Crippen molar-refractivity contribution in [3.05, 3.63) is 48.2 Å². The summed E-state index contributed by atoms with van der Waals surface area (Å²) in [5.74, 6) is 0.943. The van der Waals surface area contributed by atoms with E-state index >= 15 is 0 Å². The van der Waals surface area contributed by atoms with Gasteiger partial charge in [0.2, 0.25) is 0 Å². The van der Waals surface area contributed by atoms with Crippen LogP contribution in [-0.4, -0.2) is 15.8 Å². The van der Waals surface area contributed by atoms with E-state index in [0.29, 0.717) is 6.04 Å². The highest BCUT2D eigenvalue weighted by molar-refractivity contribution is 5.34. The van der Waals surface area contributed by atoms with Crippen molar-refractivity contribution in [1.29, 1.82) is 0 Å². The minimum Gasteiger partial charge on any atom is -0.366 e. The summed E-state index contributed by atoms with van der Waals surface area (Å²) in [7, 11) is 1.93. The molecule has 0 aliphatic heterocycles. The minimum absolute atomic E-state index is 0.155.